The second kappa shape index (κ2) is 61.9. The highest BCUT2D eigenvalue weighted by Crippen LogP contribution is 2.45. The van der Waals surface area contributed by atoms with Gasteiger partial charge in [0.2, 0.25) is 0 Å². The van der Waals surface area contributed by atoms with Crippen LogP contribution in [0.25, 0.3) is 0 Å². The van der Waals surface area contributed by atoms with E-state index >= 15 is 0 Å². The topological polar surface area (TPSA) is 237 Å². The summed E-state index contributed by atoms with van der Waals surface area (Å²) in [7, 11) is -9.90. The maximum absolute atomic E-state index is 13.0. The number of carbonyl (C=O) groups is 4. The van der Waals surface area contributed by atoms with Crippen LogP contribution >= 0.6 is 15.6 Å². The summed E-state index contributed by atoms with van der Waals surface area (Å²) in [5.41, 5.74) is 0. The molecular weight excluding hydrogens is 1190 g/mol. The first-order chi connectivity index (χ1) is 43.3. The van der Waals surface area contributed by atoms with E-state index in [1.54, 1.807) is 0 Å². The summed E-state index contributed by atoms with van der Waals surface area (Å²) in [6.45, 7) is 11.8. The number of aliphatic hydroxyl groups excluding tert-OH is 1. The predicted octanol–water partition coefficient (Wildman–Crippen LogP) is 20.2. The number of rotatable bonds is 69. The van der Waals surface area contributed by atoms with E-state index in [0.29, 0.717) is 25.7 Å². The summed E-state index contributed by atoms with van der Waals surface area (Å²) < 4.78 is 68.2. The second-order valence-corrected chi connectivity index (χ2v) is 29.7. The molecule has 0 aromatic heterocycles. The average molecular weight is 1330 g/mol. The van der Waals surface area contributed by atoms with Crippen molar-refractivity contribution in [2.24, 2.45) is 17.8 Å². The smallest absolute Gasteiger partial charge is 0.462 e. The van der Waals surface area contributed by atoms with Gasteiger partial charge in [-0.2, -0.15) is 0 Å². The lowest BCUT2D eigenvalue weighted by Crippen LogP contribution is -2.30. The molecule has 0 aliphatic heterocycles. The third-order valence-corrected chi connectivity index (χ3v) is 18.6. The minimum absolute atomic E-state index is 0.104. The molecule has 19 heteroatoms. The molecule has 0 bridgehead atoms. The zero-order valence-electron chi connectivity index (χ0n) is 58.6. The quantitative estimate of drug-likeness (QED) is 0.0222. The molecule has 0 saturated heterocycles. The fraction of sp³-hybridized carbons (Fsp3) is 0.944. The van der Waals surface area contributed by atoms with Gasteiger partial charge in [0.05, 0.1) is 26.4 Å². The van der Waals surface area contributed by atoms with Crippen LogP contribution in [0.15, 0.2) is 0 Å². The summed E-state index contributed by atoms with van der Waals surface area (Å²) in [6.07, 6.45) is 45.8. The van der Waals surface area contributed by atoms with Gasteiger partial charge in [-0.05, 0) is 43.4 Å². The van der Waals surface area contributed by atoms with Crippen LogP contribution < -0.4 is 0 Å². The fourth-order valence-electron chi connectivity index (χ4n) is 10.7. The molecule has 0 fully saturated rings. The molecule has 3 unspecified atom stereocenters. The van der Waals surface area contributed by atoms with Crippen molar-refractivity contribution in [1.29, 1.82) is 0 Å². The van der Waals surface area contributed by atoms with Crippen molar-refractivity contribution in [1.82, 2.24) is 0 Å². The number of phosphoric ester groups is 2. The number of hydrogen-bond acceptors (Lipinski definition) is 15. The van der Waals surface area contributed by atoms with Crippen LogP contribution in [0.4, 0.5) is 0 Å². The molecule has 0 aromatic carbocycles. The van der Waals surface area contributed by atoms with E-state index in [9.17, 15) is 43.2 Å². The molecule has 0 radical (unpaired) electrons. The van der Waals surface area contributed by atoms with E-state index < -0.39 is 97.5 Å². The number of hydrogen-bond donors (Lipinski definition) is 3. The van der Waals surface area contributed by atoms with Gasteiger partial charge in [-0.15, -0.1) is 0 Å². The largest absolute Gasteiger partial charge is 0.472 e. The van der Waals surface area contributed by atoms with Crippen molar-refractivity contribution in [3.8, 4) is 0 Å². The summed E-state index contributed by atoms with van der Waals surface area (Å²) in [5.74, 6) is 0.209. The minimum atomic E-state index is -4.95. The molecule has 6 atom stereocenters. The molecule has 0 aliphatic carbocycles. The van der Waals surface area contributed by atoms with E-state index in [2.05, 4.69) is 48.5 Å². The first kappa shape index (κ1) is 88.1. The summed E-state index contributed by atoms with van der Waals surface area (Å²) in [6, 6.07) is 0. The Hall–Kier alpha value is -1.94. The minimum Gasteiger partial charge on any atom is -0.462 e. The van der Waals surface area contributed by atoms with Crippen molar-refractivity contribution in [3.05, 3.63) is 0 Å². The van der Waals surface area contributed by atoms with Gasteiger partial charge in [0.15, 0.2) is 12.2 Å². The molecular formula is C71H138O17P2. The maximum atomic E-state index is 13.0. The Morgan fingerprint density at radius 3 is 0.844 bits per heavy atom. The number of esters is 4. The Morgan fingerprint density at radius 2 is 0.567 bits per heavy atom. The number of ether oxygens (including phenoxy) is 4. The SMILES string of the molecule is CCCCCCCCCC(=O)OC[C@H](COP(=O)(O)OC[C@H](O)COP(=O)(O)OC[C@@H](COC(=O)CCCCCCCCCCCCCCC(C)C)OC(=O)CCCCCCCCCCCCCCCC(C)C)OC(=O)CCCCCCCCCCC(C)CC. The fourth-order valence-corrected chi connectivity index (χ4v) is 12.3. The first-order valence-corrected chi connectivity index (χ1v) is 39.9. The lowest BCUT2D eigenvalue weighted by Gasteiger charge is -2.21. The Morgan fingerprint density at radius 1 is 0.322 bits per heavy atom. The van der Waals surface area contributed by atoms with Crippen molar-refractivity contribution in [2.75, 3.05) is 39.6 Å². The van der Waals surface area contributed by atoms with Gasteiger partial charge in [-0.3, -0.25) is 37.3 Å². The molecule has 0 aliphatic rings. The normalized spacial score (nSPS) is 14.5. The molecule has 0 saturated carbocycles. The van der Waals surface area contributed by atoms with Gasteiger partial charge >= 0.3 is 39.5 Å². The molecule has 0 spiro atoms. The molecule has 90 heavy (non-hydrogen) atoms. The number of phosphoric acid groups is 2. The third kappa shape index (κ3) is 63.5. The number of unbranched alkanes of at least 4 members (excludes halogenated alkanes) is 36. The van der Waals surface area contributed by atoms with Gasteiger partial charge in [0.25, 0.3) is 0 Å². The van der Waals surface area contributed by atoms with Crippen LogP contribution in [0.2, 0.25) is 0 Å². The lowest BCUT2D eigenvalue weighted by atomic mass is 9.99. The van der Waals surface area contributed by atoms with E-state index in [-0.39, 0.29) is 25.7 Å². The molecule has 534 valence electrons. The third-order valence-electron chi connectivity index (χ3n) is 16.7. The highest BCUT2D eigenvalue weighted by Gasteiger charge is 2.30. The van der Waals surface area contributed by atoms with Gasteiger partial charge < -0.3 is 33.8 Å². The maximum Gasteiger partial charge on any atom is 0.472 e. The average Bonchev–Trinajstić information content (AvgIpc) is 3.56. The molecule has 0 heterocycles. The summed E-state index contributed by atoms with van der Waals surface area (Å²) >= 11 is 0. The molecule has 0 rings (SSSR count). The van der Waals surface area contributed by atoms with E-state index in [4.69, 9.17) is 37.0 Å². The van der Waals surface area contributed by atoms with Crippen LogP contribution in [-0.2, 0) is 65.4 Å². The second-order valence-electron chi connectivity index (χ2n) is 26.8. The molecule has 0 amide bonds. The van der Waals surface area contributed by atoms with Gasteiger partial charge in [-0.25, -0.2) is 9.13 Å². The Labute approximate surface area is 549 Å². The van der Waals surface area contributed by atoms with E-state index in [1.165, 1.54) is 154 Å². The lowest BCUT2D eigenvalue weighted by molar-refractivity contribution is -0.161. The van der Waals surface area contributed by atoms with Gasteiger partial charge in [-0.1, -0.05) is 305 Å². The van der Waals surface area contributed by atoms with Crippen LogP contribution in [-0.4, -0.2) is 96.7 Å². The highest BCUT2D eigenvalue weighted by atomic mass is 31.2. The van der Waals surface area contributed by atoms with Crippen LogP contribution in [0.1, 0.15) is 357 Å². The first-order valence-electron chi connectivity index (χ1n) is 36.9. The van der Waals surface area contributed by atoms with Crippen LogP contribution in [0.3, 0.4) is 0 Å². The van der Waals surface area contributed by atoms with Gasteiger partial charge in [0.1, 0.15) is 19.3 Å². The Bertz CT molecular complexity index is 1770. The predicted molar refractivity (Wildman–Crippen MR) is 363 cm³/mol. The highest BCUT2D eigenvalue weighted by molar-refractivity contribution is 7.47. The molecule has 0 aromatic rings. The monoisotopic (exact) mass is 1320 g/mol. The standard InChI is InChI=1S/C71H138O17P2/c1-8-10-11-12-28-38-45-52-68(73)81-58-66(88-71(76)55-48-41-34-27-26-31-37-44-51-64(7)9-2)60-85-89(77,78)83-56-65(72)57-84-90(79,80)86-61-67(59-82-69(74)53-46-39-32-24-20-17-16-19-23-30-36-43-50-63(5)6)87-70(75)54-47-40-33-25-21-15-13-14-18-22-29-35-42-49-62(3)4/h62-67,72H,8-61H2,1-7H3,(H,77,78)(H,79,80)/t64?,65-,66+,67+/m0/s1. The van der Waals surface area contributed by atoms with Crippen molar-refractivity contribution in [3.63, 3.8) is 0 Å². The molecule has 17 nitrogen and oxygen atoms in total. The van der Waals surface area contributed by atoms with Crippen LogP contribution in [0, 0.1) is 17.8 Å². The Balaban J connectivity index is 5.22. The zero-order chi connectivity index (χ0) is 66.6. The van der Waals surface area contributed by atoms with Gasteiger partial charge in [0, 0.05) is 25.7 Å². The van der Waals surface area contributed by atoms with E-state index in [0.717, 1.165) is 120 Å². The number of carbonyl (C=O) groups excluding carboxylic acids is 4. The number of aliphatic hydroxyl groups is 1. The summed E-state index contributed by atoms with van der Waals surface area (Å²) in [5, 5.41) is 10.6. The Kier molecular flexibility index (Phi) is 60.6. The van der Waals surface area contributed by atoms with Crippen molar-refractivity contribution < 1.29 is 80.2 Å². The summed E-state index contributed by atoms with van der Waals surface area (Å²) in [4.78, 5) is 72.5. The van der Waals surface area contributed by atoms with Crippen molar-refractivity contribution >= 4 is 39.5 Å². The zero-order valence-corrected chi connectivity index (χ0v) is 60.4. The van der Waals surface area contributed by atoms with Crippen molar-refractivity contribution in [2.45, 2.75) is 375 Å². The molecule has 3 N–H and O–H groups in total. The van der Waals surface area contributed by atoms with Crippen LogP contribution in [0.5, 0.6) is 0 Å². The van der Waals surface area contributed by atoms with E-state index in [1.807, 2.05) is 0 Å².